The number of amides is 1. The van der Waals surface area contributed by atoms with E-state index in [1.165, 1.54) is 0 Å². The average Bonchev–Trinajstić information content (AvgIpc) is 2.81. The molecule has 1 saturated heterocycles. The van der Waals surface area contributed by atoms with Gasteiger partial charge in [-0.25, -0.2) is 0 Å². The summed E-state index contributed by atoms with van der Waals surface area (Å²) >= 11 is 0. The van der Waals surface area contributed by atoms with E-state index in [2.05, 4.69) is 4.98 Å². The molecule has 0 aromatic carbocycles. The molecule has 2 heterocycles. The van der Waals surface area contributed by atoms with E-state index in [0.717, 1.165) is 25.8 Å². The normalized spacial score (nSPS) is 23.1. The van der Waals surface area contributed by atoms with E-state index >= 15 is 0 Å². The fourth-order valence-electron chi connectivity index (χ4n) is 2.33. The van der Waals surface area contributed by atoms with Gasteiger partial charge in [-0.2, -0.15) is 0 Å². The van der Waals surface area contributed by atoms with Crippen LogP contribution < -0.4 is 0 Å². The number of carbonyl (C=O) groups is 1. The topological polar surface area (TPSA) is 56.3 Å². The first-order valence-corrected chi connectivity index (χ1v) is 5.82. The molecule has 1 aromatic heterocycles. The third-order valence-electron chi connectivity index (χ3n) is 3.20. The number of hydrogen-bond acceptors (Lipinski definition) is 2. The molecule has 1 amide bonds. The summed E-state index contributed by atoms with van der Waals surface area (Å²) in [5.41, 5.74) is 0.604. The summed E-state index contributed by atoms with van der Waals surface area (Å²) in [6.07, 6.45) is 4.29. The summed E-state index contributed by atoms with van der Waals surface area (Å²) in [6.45, 7) is 2.50. The van der Waals surface area contributed by atoms with Crippen molar-refractivity contribution in [3.63, 3.8) is 0 Å². The quantitative estimate of drug-likeness (QED) is 0.794. The largest absolute Gasteiger partial charge is 0.391 e. The second-order valence-corrected chi connectivity index (χ2v) is 4.39. The predicted molar refractivity (Wildman–Crippen MR) is 61.1 cm³/mol. The van der Waals surface area contributed by atoms with Gasteiger partial charge in [-0.1, -0.05) is 0 Å². The minimum atomic E-state index is -0.459. The van der Waals surface area contributed by atoms with Crippen LogP contribution in [0.4, 0.5) is 0 Å². The number of H-pyrrole nitrogens is 1. The highest BCUT2D eigenvalue weighted by atomic mass is 16.3. The lowest BCUT2D eigenvalue weighted by atomic mass is 9.98. The number of aliphatic hydroxyl groups is 1. The maximum Gasteiger partial charge on any atom is 0.270 e. The lowest BCUT2D eigenvalue weighted by molar-refractivity contribution is 0.0277. The zero-order valence-electron chi connectivity index (χ0n) is 9.52. The van der Waals surface area contributed by atoms with Crippen LogP contribution in [0.3, 0.4) is 0 Å². The summed E-state index contributed by atoms with van der Waals surface area (Å²) in [5, 5.41) is 9.69. The van der Waals surface area contributed by atoms with Gasteiger partial charge in [0.1, 0.15) is 5.69 Å². The van der Waals surface area contributed by atoms with Gasteiger partial charge in [0.05, 0.1) is 12.1 Å². The molecule has 2 atom stereocenters. The van der Waals surface area contributed by atoms with Crippen molar-refractivity contribution in [3.8, 4) is 0 Å². The van der Waals surface area contributed by atoms with E-state index < -0.39 is 6.10 Å². The molecule has 0 saturated carbocycles. The Hall–Kier alpha value is -1.29. The smallest absolute Gasteiger partial charge is 0.270 e. The van der Waals surface area contributed by atoms with Gasteiger partial charge in [-0.3, -0.25) is 4.79 Å². The second kappa shape index (κ2) is 4.70. The lowest BCUT2D eigenvalue weighted by Gasteiger charge is -2.37. The fourth-order valence-corrected chi connectivity index (χ4v) is 2.33. The number of carbonyl (C=O) groups excluding carboxylic acids is 1. The summed E-state index contributed by atoms with van der Waals surface area (Å²) < 4.78 is 0. The molecule has 1 aliphatic rings. The molecular weight excluding hydrogens is 204 g/mol. The van der Waals surface area contributed by atoms with E-state index in [0.29, 0.717) is 5.69 Å². The van der Waals surface area contributed by atoms with Gasteiger partial charge in [-0.15, -0.1) is 0 Å². The third kappa shape index (κ3) is 2.11. The highest BCUT2D eigenvalue weighted by molar-refractivity contribution is 5.92. The minimum absolute atomic E-state index is 0.00407. The SMILES string of the molecule is C[C@H](O)[C@H]1CCCCN1C(=O)c1ccc[nH]1. The first-order chi connectivity index (χ1) is 7.70. The molecule has 4 nitrogen and oxygen atoms in total. The van der Waals surface area contributed by atoms with Crippen molar-refractivity contribution in [1.29, 1.82) is 0 Å². The average molecular weight is 222 g/mol. The second-order valence-electron chi connectivity index (χ2n) is 4.39. The van der Waals surface area contributed by atoms with Crippen LogP contribution in [0.15, 0.2) is 18.3 Å². The van der Waals surface area contributed by atoms with Crippen LogP contribution >= 0.6 is 0 Å². The molecule has 0 spiro atoms. The number of hydrogen-bond donors (Lipinski definition) is 2. The van der Waals surface area contributed by atoms with Crippen LogP contribution in [-0.4, -0.2) is 39.6 Å². The van der Waals surface area contributed by atoms with E-state index in [9.17, 15) is 9.90 Å². The Bertz CT molecular complexity index is 346. The van der Waals surface area contributed by atoms with Crippen LogP contribution in [0.2, 0.25) is 0 Å². The van der Waals surface area contributed by atoms with Crippen LogP contribution in [-0.2, 0) is 0 Å². The maximum atomic E-state index is 12.2. The molecule has 1 fully saturated rings. The standard InChI is InChI=1S/C12H18N2O2/c1-9(15)11-6-2-3-8-14(11)12(16)10-5-4-7-13-10/h4-5,7,9,11,13,15H,2-3,6,8H2,1H3/t9-,11+/m0/s1. The first kappa shape index (κ1) is 11.2. The third-order valence-corrected chi connectivity index (χ3v) is 3.20. The summed E-state index contributed by atoms with van der Waals surface area (Å²) in [4.78, 5) is 16.9. The minimum Gasteiger partial charge on any atom is -0.391 e. The van der Waals surface area contributed by atoms with Gasteiger partial charge in [0.2, 0.25) is 0 Å². The summed E-state index contributed by atoms with van der Waals surface area (Å²) in [6, 6.07) is 3.55. The Morgan fingerprint density at radius 1 is 1.62 bits per heavy atom. The molecular formula is C12H18N2O2. The summed E-state index contributed by atoms with van der Waals surface area (Å²) in [7, 11) is 0. The van der Waals surface area contributed by atoms with Gasteiger partial charge in [0.15, 0.2) is 0 Å². The number of nitrogens with one attached hydrogen (secondary N) is 1. The lowest BCUT2D eigenvalue weighted by Crippen LogP contribution is -2.49. The number of nitrogens with zero attached hydrogens (tertiary/aromatic N) is 1. The van der Waals surface area contributed by atoms with Crippen LogP contribution in [0.1, 0.15) is 36.7 Å². The molecule has 2 rings (SSSR count). The molecule has 0 aliphatic carbocycles. The van der Waals surface area contributed by atoms with E-state index in [1.807, 2.05) is 6.07 Å². The van der Waals surface area contributed by atoms with Gasteiger partial charge >= 0.3 is 0 Å². The van der Waals surface area contributed by atoms with Crippen molar-refractivity contribution in [3.05, 3.63) is 24.0 Å². The predicted octanol–water partition coefficient (Wildman–Crippen LogP) is 1.39. The number of aliphatic hydroxyl groups excluding tert-OH is 1. The van der Waals surface area contributed by atoms with E-state index in [1.54, 1.807) is 24.1 Å². The Labute approximate surface area is 95.3 Å². The highest BCUT2D eigenvalue weighted by Gasteiger charge is 2.30. The summed E-state index contributed by atoms with van der Waals surface area (Å²) in [5.74, 6) is -0.00407. The van der Waals surface area contributed by atoms with Crippen LogP contribution in [0, 0.1) is 0 Å². The molecule has 0 radical (unpaired) electrons. The van der Waals surface area contributed by atoms with Crippen LogP contribution in [0.5, 0.6) is 0 Å². The molecule has 0 bridgehead atoms. The Balaban J connectivity index is 2.14. The number of rotatable bonds is 2. The van der Waals surface area contributed by atoms with Crippen molar-refractivity contribution in [2.75, 3.05) is 6.54 Å². The first-order valence-electron chi connectivity index (χ1n) is 5.82. The van der Waals surface area contributed by atoms with Crippen molar-refractivity contribution in [2.45, 2.75) is 38.3 Å². The van der Waals surface area contributed by atoms with Gasteiger partial charge < -0.3 is 15.0 Å². The maximum absolute atomic E-state index is 12.2. The zero-order chi connectivity index (χ0) is 11.5. The van der Waals surface area contributed by atoms with Crippen molar-refractivity contribution in [2.24, 2.45) is 0 Å². The Morgan fingerprint density at radius 2 is 2.44 bits per heavy atom. The van der Waals surface area contributed by atoms with E-state index in [4.69, 9.17) is 0 Å². The van der Waals surface area contributed by atoms with E-state index in [-0.39, 0.29) is 11.9 Å². The Morgan fingerprint density at radius 3 is 3.06 bits per heavy atom. The van der Waals surface area contributed by atoms with Gasteiger partial charge in [-0.05, 0) is 38.3 Å². The molecule has 16 heavy (non-hydrogen) atoms. The number of likely N-dealkylation sites (tertiary alicyclic amines) is 1. The number of aromatic amines is 1. The number of aromatic nitrogens is 1. The van der Waals surface area contributed by atoms with Crippen LogP contribution in [0.25, 0.3) is 0 Å². The molecule has 2 N–H and O–H groups in total. The van der Waals surface area contributed by atoms with Gasteiger partial charge in [0, 0.05) is 12.7 Å². The van der Waals surface area contributed by atoms with Gasteiger partial charge in [0.25, 0.3) is 5.91 Å². The molecule has 4 heteroatoms. The fraction of sp³-hybridized carbons (Fsp3) is 0.583. The Kier molecular flexibility index (Phi) is 3.29. The molecule has 1 aliphatic heterocycles. The number of piperidine rings is 1. The van der Waals surface area contributed by atoms with Crippen molar-refractivity contribution >= 4 is 5.91 Å². The molecule has 0 unspecified atom stereocenters. The zero-order valence-corrected chi connectivity index (χ0v) is 9.52. The van der Waals surface area contributed by atoms with Crippen molar-refractivity contribution in [1.82, 2.24) is 9.88 Å². The monoisotopic (exact) mass is 222 g/mol. The highest BCUT2D eigenvalue weighted by Crippen LogP contribution is 2.21. The van der Waals surface area contributed by atoms with Crippen molar-refractivity contribution < 1.29 is 9.90 Å². The molecule has 1 aromatic rings. The molecule has 88 valence electrons.